The van der Waals surface area contributed by atoms with Crippen molar-refractivity contribution < 1.29 is 39.1 Å². The van der Waals surface area contributed by atoms with Crippen LogP contribution in [0.15, 0.2) is 48.5 Å². The molecule has 0 radical (unpaired) electrons. The zero-order valence-corrected chi connectivity index (χ0v) is 21.2. The average Bonchev–Trinajstić information content (AvgIpc) is 2.79. The lowest BCUT2D eigenvalue weighted by Crippen LogP contribution is -2.61. The minimum atomic E-state index is -1.71. The van der Waals surface area contributed by atoms with Gasteiger partial charge in [0.1, 0.15) is 42.5 Å². The van der Waals surface area contributed by atoms with E-state index in [2.05, 4.69) is 19.6 Å². The molecular formula is C25H34O8Si. The van der Waals surface area contributed by atoms with Crippen LogP contribution in [-0.4, -0.2) is 72.4 Å². The SMILES string of the molecule is Cc1c(Oc2ccccc2)cccc1C(=O)OC[C@H]1O[C@@H](O)[C@H](OC(C)[Si](C)(C)C)[C@@H](O)[C@@H]1O. The van der Waals surface area contributed by atoms with Gasteiger partial charge in [-0.05, 0) is 38.1 Å². The maximum atomic E-state index is 12.7. The molecule has 9 heteroatoms. The van der Waals surface area contributed by atoms with E-state index in [4.69, 9.17) is 18.9 Å². The van der Waals surface area contributed by atoms with Crippen molar-refractivity contribution in [2.75, 3.05) is 6.61 Å². The zero-order chi connectivity index (χ0) is 25.0. The van der Waals surface area contributed by atoms with Crippen LogP contribution in [0.25, 0.3) is 0 Å². The average molecular weight is 491 g/mol. The Morgan fingerprint density at radius 2 is 1.71 bits per heavy atom. The first-order valence-corrected chi connectivity index (χ1v) is 14.9. The van der Waals surface area contributed by atoms with Gasteiger partial charge in [-0.2, -0.15) is 0 Å². The third-order valence-electron chi connectivity index (χ3n) is 6.10. The summed E-state index contributed by atoms with van der Waals surface area (Å²) < 4.78 is 22.5. The second kappa shape index (κ2) is 11.0. The van der Waals surface area contributed by atoms with Crippen LogP contribution < -0.4 is 4.74 Å². The van der Waals surface area contributed by atoms with Gasteiger partial charge in [0.05, 0.1) is 13.6 Å². The molecule has 8 nitrogen and oxygen atoms in total. The number of aliphatic hydroxyl groups excluding tert-OH is 3. The molecule has 186 valence electrons. The van der Waals surface area contributed by atoms with E-state index in [1.54, 1.807) is 25.1 Å². The first-order valence-electron chi connectivity index (χ1n) is 11.3. The molecule has 2 aromatic rings. The minimum absolute atomic E-state index is 0.180. The smallest absolute Gasteiger partial charge is 0.338 e. The van der Waals surface area contributed by atoms with E-state index in [0.717, 1.165) is 0 Å². The number of esters is 1. The number of hydrogen-bond acceptors (Lipinski definition) is 8. The van der Waals surface area contributed by atoms with Crippen LogP contribution in [0, 0.1) is 6.92 Å². The molecule has 0 aromatic heterocycles. The summed E-state index contributed by atoms with van der Waals surface area (Å²) in [5, 5.41) is 31.4. The molecule has 0 amide bonds. The van der Waals surface area contributed by atoms with Gasteiger partial charge in [0, 0.05) is 11.3 Å². The highest BCUT2D eigenvalue weighted by atomic mass is 28.3. The Kier molecular flexibility index (Phi) is 8.50. The minimum Gasteiger partial charge on any atom is -0.459 e. The van der Waals surface area contributed by atoms with Crippen molar-refractivity contribution >= 4 is 14.0 Å². The third-order valence-corrected chi connectivity index (χ3v) is 8.67. The van der Waals surface area contributed by atoms with Crippen molar-refractivity contribution in [2.45, 2.75) is 69.9 Å². The third kappa shape index (κ3) is 6.23. The van der Waals surface area contributed by atoms with E-state index < -0.39 is 44.7 Å². The van der Waals surface area contributed by atoms with Crippen LogP contribution in [0.5, 0.6) is 11.5 Å². The first-order chi connectivity index (χ1) is 16.0. The molecule has 0 spiro atoms. The number of rotatable bonds is 8. The Morgan fingerprint density at radius 3 is 2.35 bits per heavy atom. The number of aliphatic hydroxyl groups is 3. The summed E-state index contributed by atoms with van der Waals surface area (Å²) in [7, 11) is -1.71. The van der Waals surface area contributed by atoms with Gasteiger partial charge < -0.3 is 34.3 Å². The molecule has 1 aliphatic heterocycles. The second-order valence-electron chi connectivity index (χ2n) is 9.60. The maximum Gasteiger partial charge on any atom is 0.338 e. The number of ether oxygens (including phenoxy) is 4. The summed E-state index contributed by atoms with van der Waals surface area (Å²) in [5.41, 5.74) is 0.709. The zero-order valence-electron chi connectivity index (χ0n) is 20.2. The summed E-state index contributed by atoms with van der Waals surface area (Å²) in [5.74, 6) is 0.511. The van der Waals surface area contributed by atoms with Crippen molar-refractivity contribution in [1.29, 1.82) is 0 Å². The summed E-state index contributed by atoms with van der Waals surface area (Å²) in [6.07, 6.45) is -6.47. The first kappa shape index (κ1) is 26.3. The van der Waals surface area contributed by atoms with Crippen LogP contribution in [0.4, 0.5) is 0 Å². The molecule has 0 bridgehead atoms. The van der Waals surface area contributed by atoms with E-state index in [0.29, 0.717) is 22.6 Å². The van der Waals surface area contributed by atoms with Gasteiger partial charge in [0.15, 0.2) is 6.29 Å². The Balaban J connectivity index is 1.62. The number of benzene rings is 2. The van der Waals surface area contributed by atoms with E-state index in [9.17, 15) is 20.1 Å². The molecule has 1 unspecified atom stereocenters. The molecule has 3 rings (SSSR count). The van der Waals surface area contributed by atoms with Crippen molar-refractivity contribution in [2.24, 2.45) is 0 Å². The van der Waals surface area contributed by atoms with Gasteiger partial charge in [-0.3, -0.25) is 0 Å². The predicted octanol–water partition coefficient (Wildman–Crippen LogP) is 3.03. The Labute approximate surface area is 201 Å². The van der Waals surface area contributed by atoms with Gasteiger partial charge in [-0.25, -0.2) is 4.79 Å². The summed E-state index contributed by atoms with van der Waals surface area (Å²) in [6, 6.07) is 14.2. The number of carbonyl (C=O) groups excluding carboxylic acids is 1. The van der Waals surface area contributed by atoms with Crippen LogP contribution >= 0.6 is 0 Å². The largest absolute Gasteiger partial charge is 0.459 e. The van der Waals surface area contributed by atoms with Crippen LogP contribution in [0.3, 0.4) is 0 Å². The van der Waals surface area contributed by atoms with Gasteiger partial charge in [0.25, 0.3) is 0 Å². The highest BCUT2D eigenvalue weighted by molar-refractivity contribution is 6.77. The fraction of sp³-hybridized carbons (Fsp3) is 0.480. The fourth-order valence-corrected chi connectivity index (χ4v) is 4.01. The Hall–Kier alpha value is -2.27. The fourth-order valence-electron chi connectivity index (χ4n) is 3.44. The van der Waals surface area contributed by atoms with Crippen LogP contribution in [-0.2, 0) is 14.2 Å². The number of carbonyl (C=O) groups is 1. The van der Waals surface area contributed by atoms with E-state index in [-0.39, 0.29) is 12.3 Å². The lowest BCUT2D eigenvalue weighted by Gasteiger charge is -2.42. The quantitative estimate of drug-likeness (QED) is 0.382. The topological polar surface area (TPSA) is 115 Å². The molecule has 34 heavy (non-hydrogen) atoms. The predicted molar refractivity (Wildman–Crippen MR) is 129 cm³/mol. The lowest BCUT2D eigenvalue weighted by atomic mass is 9.99. The van der Waals surface area contributed by atoms with E-state index in [1.165, 1.54) is 0 Å². The van der Waals surface area contributed by atoms with Gasteiger partial charge in [-0.15, -0.1) is 0 Å². The molecular weight excluding hydrogens is 456 g/mol. The molecule has 1 heterocycles. The van der Waals surface area contributed by atoms with E-state index in [1.807, 2.05) is 37.3 Å². The number of hydrogen-bond donors (Lipinski definition) is 3. The van der Waals surface area contributed by atoms with Crippen molar-refractivity contribution in [3.8, 4) is 11.5 Å². The maximum absolute atomic E-state index is 12.7. The second-order valence-corrected chi connectivity index (χ2v) is 15.1. The molecule has 1 saturated heterocycles. The normalized spacial score (nSPS) is 26.1. The molecule has 1 aliphatic rings. The summed E-state index contributed by atoms with van der Waals surface area (Å²) >= 11 is 0. The van der Waals surface area contributed by atoms with Crippen molar-refractivity contribution in [3.05, 3.63) is 59.7 Å². The number of para-hydroxylation sites is 1. The lowest BCUT2D eigenvalue weighted by molar-refractivity contribution is -0.298. The molecule has 0 aliphatic carbocycles. The van der Waals surface area contributed by atoms with Crippen LogP contribution in [0.2, 0.25) is 19.6 Å². The highest BCUT2D eigenvalue weighted by Crippen LogP contribution is 2.29. The van der Waals surface area contributed by atoms with E-state index >= 15 is 0 Å². The molecule has 3 N–H and O–H groups in total. The Bertz CT molecular complexity index is 961. The van der Waals surface area contributed by atoms with Gasteiger partial charge >= 0.3 is 5.97 Å². The van der Waals surface area contributed by atoms with Crippen molar-refractivity contribution in [3.63, 3.8) is 0 Å². The molecule has 1 fully saturated rings. The van der Waals surface area contributed by atoms with Crippen molar-refractivity contribution in [1.82, 2.24) is 0 Å². The highest BCUT2D eigenvalue weighted by Gasteiger charge is 2.46. The monoisotopic (exact) mass is 490 g/mol. The standard InChI is InChI=1S/C25H34O8Si/c1-15-18(12-9-13-19(15)32-17-10-7-6-8-11-17)24(28)30-14-20-21(26)22(27)23(25(29)33-20)31-16(2)34(3,4)5/h6-13,16,20-23,25-27,29H,14H2,1-5H3/t16?,20-,21-,22+,23-,25-/m1/s1. The molecule has 2 aromatic carbocycles. The molecule has 0 saturated carbocycles. The Morgan fingerprint density at radius 1 is 1.03 bits per heavy atom. The summed E-state index contributed by atoms with van der Waals surface area (Å²) in [6.45, 7) is 9.56. The van der Waals surface area contributed by atoms with Gasteiger partial charge in [-0.1, -0.05) is 43.9 Å². The van der Waals surface area contributed by atoms with Crippen LogP contribution in [0.1, 0.15) is 22.8 Å². The van der Waals surface area contributed by atoms with Gasteiger partial charge in [0.2, 0.25) is 0 Å². The summed E-state index contributed by atoms with van der Waals surface area (Å²) in [4.78, 5) is 12.7. The molecule has 6 atom stereocenters.